The van der Waals surface area contributed by atoms with Crippen molar-refractivity contribution in [3.63, 3.8) is 0 Å². The zero-order valence-electron chi connectivity index (χ0n) is 22.0. The van der Waals surface area contributed by atoms with E-state index in [0.29, 0.717) is 26.4 Å². The van der Waals surface area contributed by atoms with Crippen LogP contribution in [0.2, 0.25) is 0 Å². The van der Waals surface area contributed by atoms with Gasteiger partial charge in [0.25, 0.3) is 0 Å². The molecular weight excluding hydrogens is 440 g/mol. The number of hydrogen-bond donors (Lipinski definition) is 1. The molecule has 0 aromatic heterocycles. The van der Waals surface area contributed by atoms with Crippen LogP contribution in [0.4, 0.5) is 0 Å². The third-order valence-corrected chi connectivity index (χ3v) is 5.99. The van der Waals surface area contributed by atoms with E-state index in [1.165, 1.54) is 11.1 Å². The van der Waals surface area contributed by atoms with Gasteiger partial charge in [0, 0.05) is 26.8 Å². The number of ether oxygens (including phenoxy) is 4. The SMILES string of the molecule is CCCC(N)CN(CCCc1ccc(OCCOC)cc1)CCCc1ccc(OCCOC)cc1. The minimum absolute atomic E-state index is 0.243. The Morgan fingerprint density at radius 1 is 0.714 bits per heavy atom. The van der Waals surface area contributed by atoms with Crippen LogP contribution in [0.25, 0.3) is 0 Å². The van der Waals surface area contributed by atoms with E-state index in [4.69, 9.17) is 24.7 Å². The first kappa shape index (κ1) is 29.1. The van der Waals surface area contributed by atoms with Crippen LogP contribution in [0.1, 0.15) is 43.7 Å². The lowest BCUT2D eigenvalue weighted by Crippen LogP contribution is -2.38. The molecule has 2 rings (SSSR count). The van der Waals surface area contributed by atoms with Gasteiger partial charge in [-0.2, -0.15) is 0 Å². The number of rotatable bonds is 20. The summed E-state index contributed by atoms with van der Waals surface area (Å²) in [6.07, 6.45) is 6.56. The molecule has 0 fully saturated rings. The van der Waals surface area contributed by atoms with Crippen molar-refractivity contribution in [3.05, 3.63) is 59.7 Å². The maximum Gasteiger partial charge on any atom is 0.119 e. The van der Waals surface area contributed by atoms with Crippen LogP contribution in [0, 0.1) is 0 Å². The van der Waals surface area contributed by atoms with Gasteiger partial charge in [-0.3, -0.25) is 0 Å². The molecule has 0 aliphatic heterocycles. The monoisotopic (exact) mass is 486 g/mol. The molecule has 0 saturated heterocycles. The minimum atomic E-state index is 0.243. The standard InChI is InChI=1S/C29H46N2O4/c1-4-7-27(30)24-31(18-5-8-25-10-14-28(15-11-25)34-22-20-32-2)19-6-9-26-12-16-29(17-13-26)35-23-21-33-3/h10-17,27H,4-9,18-24,30H2,1-3H3. The zero-order valence-corrected chi connectivity index (χ0v) is 22.0. The van der Waals surface area contributed by atoms with Gasteiger partial charge in [-0.1, -0.05) is 37.6 Å². The van der Waals surface area contributed by atoms with E-state index < -0.39 is 0 Å². The molecule has 35 heavy (non-hydrogen) atoms. The van der Waals surface area contributed by atoms with Crippen LogP contribution < -0.4 is 15.2 Å². The first-order chi connectivity index (χ1) is 17.1. The number of hydrogen-bond acceptors (Lipinski definition) is 6. The molecule has 0 spiro atoms. The van der Waals surface area contributed by atoms with Gasteiger partial charge in [-0.25, -0.2) is 0 Å². The Morgan fingerprint density at radius 3 is 1.57 bits per heavy atom. The van der Waals surface area contributed by atoms with Crippen LogP contribution in [0.5, 0.6) is 11.5 Å². The van der Waals surface area contributed by atoms with E-state index in [9.17, 15) is 0 Å². The summed E-state index contributed by atoms with van der Waals surface area (Å²) in [5.74, 6) is 1.79. The van der Waals surface area contributed by atoms with Crippen LogP contribution >= 0.6 is 0 Å². The van der Waals surface area contributed by atoms with E-state index in [0.717, 1.165) is 69.7 Å². The summed E-state index contributed by atoms with van der Waals surface area (Å²) in [4.78, 5) is 2.55. The second kappa shape index (κ2) is 18.2. The molecule has 0 heterocycles. The van der Waals surface area contributed by atoms with Crippen molar-refractivity contribution in [2.75, 3.05) is 60.3 Å². The number of benzene rings is 2. The van der Waals surface area contributed by atoms with E-state index in [1.807, 2.05) is 24.3 Å². The van der Waals surface area contributed by atoms with Gasteiger partial charge < -0.3 is 29.6 Å². The molecule has 0 aliphatic carbocycles. The quantitative estimate of drug-likeness (QED) is 0.273. The Balaban J connectivity index is 1.77. The Kier molecular flexibility index (Phi) is 15.1. The summed E-state index contributed by atoms with van der Waals surface area (Å²) in [7, 11) is 3.37. The maximum atomic E-state index is 6.40. The van der Waals surface area contributed by atoms with Gasteiger partial charge in [0.15, 0.2) is 0 Å². The third-order valence-electron chi connectivity index (χ3n) is 5.99. The first-order valence-corrected chi connectivity index (χ1v) is 13.0. The fourth-order valence-electron chi connectivity index (χ4n) is 4.09. The third kappa shape index (κ3) is 13.0. The first-order valence-electron chi connectivity index (χ1n) is 13.0. The smallest absolute Gasteiger partial charge is 0.119 e. The number of nitrogens with two attached hydrogens (primary N) is 1. The summed E-state index contributed by atoms with van der Waals surface area (Å²) in [6.45, 7) is 7.66. The molecule has 0 aliphatic rings. The highest BCUT2D eigenvalue weighted by atomic mass is 16.5. The Hall–Kier alpha value is -2.12. The number of nitrogens with zero attached hydrogens (tertiary/aromatic N) is 1. The van der Waals surface area contributed by atoms with Gasteiger partial charge in [-0.05, 0) is 80.6 Å². The zero-order chi connectivity index (χ0) is 25.1. The summed E-state index contributed by atoms with van der Waals surface area (Å²) < 4.78 is 21.4. The van der Waals surface area contributed by atoms with E-state index in [1.54, 1.807) is 14.2 Å². The fourth-order valence-corrected chi connectivity index (χ4v) is 4.09. The minimum Gasteiger partial charge on any atom is -0.491 e. The molecule has 1 atom stereocenters. The van der Waals surface area contributed by atoms with Crippen LogP contribution in [-0.2, 0) is 22.3 Å². The lowest BCUT2D eigenvalue weighted by Gasteiger charge is -2.25. The normalized spacial score (nSPS) is 12.1. The molecule has 6 heteroatoms. The fraction of sp³-hybridized carbons (Fsp3) is 0.586. The highest BCUT2D eigenvalue weighted by Gasteiger charge is 2.10. The lowest BCUT2D eigenvalue weighted by molar-refractivity contribution is 0.146. The average molecular weight is 487 g/mol. The largest absolute Gasteiger partial charge is 0.491 e. The van der Waals surface area contributed by atoms with E-state index in [2.05, 4.69) is 36.1 Å². The lowest BCUT2D eigenvalue weighted by atomic mass is 10.1. The maximum absolute atomic E-state index is 6.40. The molecule has 2 aromatic carbocycles. The van der Waals surface area contributed by atoms with Gasteiger partial charge in [0.1, 0.15) is 24.7 Å². The summed E-state index contributed by atoms with van der Waals surface area (Å²) in [6, 6.07) is 17.1. The van der Waals surface area contributed by atoms with Crippen molar-refractivity contribution in [2.24, 2.45) is 5.73 Å². The van der Waals surface area contributed by atoms with Crippen molar-refractivity contribution in [1.29, 1.82) is 0 Å². The van der Waals surface area contributed by atoms with Crippen molar-refractivity contribution in [2.45, 2.75) is 51.5 Å². The molecule has 6 nitrogen and oxygen atoms in total. The van der Waals surface area contributed by atoms with Crippen LogP contribution in [-0.4, -0.2) is 71.2 Å². The molecule has 2 N–H and O–H groups in total. The van der Waals surface area contributed by atoms with Crippen LogP contribution in [0.15, 0.2) is 48.5 Å². The molecule has 0 amide bonds. The summed E-state index contributed by atoms with van der Waals surface area (Å²) in [5, 5.41) is 0. The molecule has 196 valence electrons. The summed E-state index contributed by atoms with van der Waals surface area (Å²) in [5.41, 5.74) is 9.08. The number of methoxy groups -OCH3 is 2. The topological polar surface area (TPSA) is 66.2 Å². The van der Waals surface area contributed by atoms with E-state index >= 15 is 0 Å². The molecule has 2 aromatic rings. The van der Waals surface area contributed by atoms with Crippen molar-refractivity contribution >= 4 is 0 Å². The molecule has 0 bridgehead atoms. The van der Waals surface area contributed by atoms with E-state index in [-0.39, 0.29) is 6.04 Å². The predicted octanol–water partition coefficient (Wildman–Crippen LogP) is 4.73. The van der Waals surface area contributed by atoms with Crippen molar-refractivity contribution < 1.29 is 18.9 Å². The van der Waals surface area contributed by atoms with Gasteiger partial charge >= 0.3 is 0 Å². The highest BCUT2D eigenvalue weighted by Crippen LogP contribution is 2.15. The Bertz CT molecular complexity index is 708. The summed E-state index contributed by atoms with van der Waals surface area (Å²) >= 11 is 0. The van der Waals surface area contributed by atoms with Crippen molar-refractivity contribution in [1.82, 2.24) is 4.90 Å². The number of aryl methyl sites for hydroxylation is 2. The van der Waals surface area contributed by atoms with Gasteiger partial charge in [0.05, 0.1) is 13.2 Å². The highest BCUT2D eigenvalue weighted by molar-refractivity contribution is 5.28. The molecule has 1 unspecified atom stereocenters. The second-order valence-corrected chi connectivity index (χ2v) is 9.03. The average Bonchev–Trinajstić information content (AvgIpc) is 2.86. The Morgan fingerprint density at radius 2 is 1.17 bits per heavy atom. The Labute approximate surface area is 212 Å². The molecule has 0 saturated carbocycles. The predicted molar refractivity (Wildman–Crippen MR) is 144 cm³/mol. The van der Waals surface area contributed by atoms with Gasteiger partial charge in [0.2, 0.25) is 0 Å². The molecular formula is C29H46N2O4. The van der Waals surface area contributed by atoms with Crippen molar-refractivity contribution in [3.8, 4) is 11.5 Å². The van der Waals surface area contributed by atoms with Crippen LogP contribution in [0.3, 0.4) is 0 Å². The second-order valence-electron chi connectivity index (χ2n) is 9.03. The molecule has 0 radical (unpaired) electrons. The van der Waals surface area contributed by atoms with Gasteiger partial charge in [-0.15, -0.1) is 0 Å².